The monoisotopic (exact) mass is 1280 g/mol. The first-order valence-corrected chi connectivity index (χ1v) is 32.2. The molecule has 90 heavy (non-hydrogen) atoms. The quantitative estimate of drug-likeness (QED) is 0.0778. The highest BCUT2D eigenvalue weighted by Crippen LogP contribution is 2.37. The lowest BCUT2D eigenvalue weighted by atomic mass is 9.91. The highest BCUT2D eigenvalue weighted by molar-refractivity contribution is 5.69. The van der Waals surface area contributed by atoms with Crippen LogP contribution in [0, 0.1) is 10.1 Å². The number of β-amino-alcohol motifs (C(OH)–C–C–N with tert-alkyl or cyclic N) is 4. The molecule has 0 saturated carbocycles. The van der Waals surface area contributed by atoms with Crippen LogP contribution < -0.4 is 20.9 Å². The van der Waals surface area contributed by atoms with Gasteiger partial charge in [-0.1, -0.05) is 0 Å². The largest absolute Gasteiger partial charge is 0.444 e. The topological polar surface area (TPSA) is 279 Å². The number of hydrogen-bond acceptors (Lipinski definition) is 21. The van der Waals surface area contributed by atoms with Crippen LogP contribution in [0.1, 0.15) is 106 Å². The molecule has 12 rings (SSSR count). The van der Waals surface area contributed by atoms with E-state index in [2.05, 4.69) is 20.2 Å². The SMILES string of the molecule is CC(C)(C)OC(=O)N1CCCC(O)(CN2CC(F)C2)C1.CC(C)(C)OC(=O)N1CCCC2(CO2)C1.Nc1ccc(N2CCCC(O)(CN3CC(F)C3)C2)cn1.O=[N+]([O-])c1ccc(N2CCCC(O)(CN3CC(F)C3)C2)cn1.OC1(CN2CC(F)C2)CCCNC1. The maximum Gasteiger partial charge on any atom is 0.410 e. The summed E-state index contributed by atoms with van der Waals surface area (Å²) in [7, 11) is 0. The predicted molar refractivity (Wildman–Crippen MR) is 332 cm³/mol. The fourth-order valence-corrected chi connectivity index (χ4v) is 13.1. The number of halogens is 4. The van der Waals surface area contributed by atoms with Crippen LogP contribution in [0.15, 0.2) is 36.7 Å². The maximum absolute atomic E-state index is 12.9. The third-order valence-electron chi connectivity index (χ3n) is 17.7. The molecule has 0 radical (unpaired) electrons. The highest BCUT2D eigenvalue weighted by Gasteiger charge is 2.49. The number of amides is 2. The van der Waals surface area contributed by atoms with E-state index in [4.69, 9.17) is 19.9 Å². The van der Waals surface area contributed by atoms with Gasteiger partial charge in [-0.05, 0) is 140 Å². The number of epoxide rings is 1. The van der Waals surface area contributed by atoms with Gasteiger partial charge in [0.25, 0.3) is 0 Å². The Hall–Kier alpha value is -5.04. The van der Waals surface area contributed by atoms with Crippen molar-refractivity contribution in [1.82, 2.24) is 44.7 Å². The number of nitrogens with two attached hydrogens (primary N) is 1. The maximum atomic E-state index is 12.9. The molecular weight excluding hydrogens is 1180 g/mol. The number of nitrogen functional groups attached to an aromatic ring is 1. The summed E-state index contributed by atoms with van der Waals surface area (Å²) in [6.45, 7) is 24.1. The van der Waals surface area contributed by atoms with Gasteiger partial charge in [-0.25, -0.2) is 32.1 Å². The normalized spacial score (nSPS) is 29.8. The zero-order valence-electron chi connectivity index (χ0n) is 53.8. The minimum absolute atomic E-state index is 0.0187. The molecule has 0 bridgehead atoms. The summed E-state index contributed by atoms with van der Waals surface area (Å²) in [4.78, 5) is 57.0. The molecule has 0 aliphatic carbocycles. The smallest absolute Gasteiger partial charge is 0.410 e. The third kappa shape index (κ3) is 21.8. The fourth-order valence-electron chi connectivity index (χ4n) is 13.1. The van der Waals surface area contributed by atoms with Gasteiger partial charge in [-0.3, -0.25) is 19.6 Å². The molecule has 10 aliphatic heterocycles. The summed E-state index contributed by atoms with van der Waals surface area (Å²) < 4.78 is 67.2. The molecule has 10 saturated heterocycles. The van der Waals surface area contributed by atoms with E-state index >= 15 is 0 Å². The van der Waals surface area contributed by atoms with E-state index in [1.165, 1.54) is 12.3 Å². The van der Waals surface area contributed by atoms with E-state index in [-0.39, 0.29) is 30.2 Å². The van der Waals surface area contributed by atoms with Crippen LogP contribution in [0.3, 0.4) is 0 Å². The molecule has 2 aromatic heterocycles. The molecule has 5 atom stereocenters. The Morgan fingerprint density at radius 2 is 0.989 bits per heavy atom. The van der Waals surface area contributed by atoms with Crippen LogP contribution in [0.25, 0.3) is 0 Å². The second-order valence-electron chi connectivity index (χ2n) is 28.9. The zero-order valence-corrected chi connectivity index (χ0v) is 53.8. The van der Waals surface area contributed by atoms with Crippen molar-refractivity contribution in [3.63, 3.8) is 0 Å². The summed E-state index contributed by atoms with van der Waals surface area (Å²) in [6, 6.07) is 6.71. The Morgan fingerprint density at radius 3 is 1.36 bits per heavy atom. The summed E-state index contributed by atoms with van der Waals surface area (Å²) in [5.74, 6) is 0.307. The van der Waals surface area contributed by atoms with Gasteiger partial charge in [0.05, 0.1) is 59.7 Å². The van der Waals surface area contributed by atoms with Crippen molar-refractivity contribution in [1.29, 1.82) is 0 Å². The average molecular weight is 1280 g/mol. The summed E-state index contributed by atoms with van der Waals surface area (Å²) in [6.07, 6.45) is 8.17. The molecule has 1 spiro atoms. The second-order valence-corrected chi connectivity index (χ2v) is 28.9. The lowest BCUT2D eigenvalue weighted by Gasteiger charge is -2.45. The molecule has 0 aromatic carbocycles. The number of aliphatic hydroxyl groups is 4. The molecule has 10 aliphatic rings. The Morgan fingerprint density at radius 1 is 0.600 bits per heavy atom. The van der Waals surface area contributed by atoms with E-state index in [1.807, 2.05) is 72.1 Å². The Bertz CT molecular complexity index is 2620. The van der Waals surface area contributed by atoms with Crippen LogP contribution in [-0.2, 0) is 14.2 Å². The molecule has 2 amide bonds. The van der Waals surface area contributed by atoms with Crippen LogP contribution >= 0.6 is 0 Å². The number of carbonyl (C=O) groups is 2. The van der Waals surface area contributed by atoms with Gasteiger partial charge in [0.1, 0.15) is 47.3 Å². The number of anilines is 3. The van der Waals surface area contributed by atoms with Crippen molar-refractivity contribution in [2.24, 2.45) is 0 Å². The lowest BCUT2D eigenvalue weighted by molar-refractivity contribution is -0.389. The predicted octanol–water partition coefficient (Wildman–Crippen LogP) is 4.57. The summed E-state index contributed by atoms with van der Waals surface area (Å²) in [5.41, 5.74) is 3.16. The van der Waals surface area contributed by atoms with Gasteiger partial charge in [0.2, 0.25) is 0 Å². The van der Waals surface area contributed by atoms with Gasteiger partial charge in [-0.2, -0.15) is 0 Å². The Labute approximate surface area is 527 Å². The minimum atomic E-state index is -0.949. The number of ether oxygens (including phenoxy) is 3. The number of aromatic nitrogens is 2. The van der Waals surface area contributed by atoms with Crippen LogP contribution in [0.5, 0.6) is 0 Å². The number of nitro groups is 1. The van der Waals surface area contributed by atoms with E-state index in [1.54, 1.807) is 28.1 Å². The van der Waals surface area contributed by atoms with Crippen molar-refractivity contribution >= 4 is 35.2 Å². The van der Waals surface area contributed by atoms with Crippen molar-refractivity contribution in [2.45, 2.75) is 170 Å². The first-order chi connectivity index (χ1) is 42.2. The highest BCUT2D eigenvalue weighted by atomic mass is 19.1. The molecule has 5 unspecified atom stereocenters. The summed E-state index contributed by atoms with van der Waals surface area (Å²) in [5, 5.41) is 55.9. The number of likely N-dealkylation sites (tertiary alicyclic amines) is 6. The van der Waals surface area contributed by atoms with Gasteiger partial charge in [-0.15, -0.1) is 0 Å². The van der Waals surface area contributed by atoms with Crippen LogP contribution in [0.4, 0.5) is 50.2 Å². The van der Waals surface area contributed by atoms with Crippen molar-refractivity contribution in [3.05, 3.63) is 46.8 Å². The first kappa shape index (κ1) is 70.8. The van der Waals surface area contributed by atoms with Crippen LogP contribution in [-0.4, -0.2) is 291 Å². The number of piperidine rings is 5. The number of hydrogen-bond donors (Lipinski definition) is 6. The van der Waals surface area contributed by atoms with Gasteiger partial charge >= 0.3 is 18.0 Å². The van der Waals surface area contributed by atoms with Gasteiger partial charge in [0.15, 0.2) is 6.20 Å². The standard InChI is InChI=1S/C14H19FN4O3.C14H21FN4O.C14H25FN2O3.C11H19NO3.C9H17FN2O/c15-11-7-17(8-11)9-14(20)4-1-5-18(10-14)12-2-3-13(16-6-12)19(21)22;15-11-7-18(8-11)9-14(20)4-1-5-19(10-14)12-2-3-13(16)17-6-12;1-13(2,3)20-12(18)17-6-4-5-14(19,10-17)9-16-7-11(15)8-16;1-10(2,3)15-9(13)12-6-4-5-11(7-12)8-14-11;10-8-4-12(5-8)7-9(13)2-1-3-11-6-9/h2-3,6,11,20H,1,4-5,7-10H2;2-3,6,11,20H,1,4-5,7-10H2,(H2,16,17);11,19H,4-10H2,1-3H3;4-8H2,1-3H3;8,11,13H,1-7H2. The van der Waals surface area contributed by atoms with Crippen molar-refractivity contribution < 1.29 is 66.7 Å². The molecular formula is C62H101F4N13O11. The van der Waals surface area contributed by atoms with E-state index in [0.717, 1.165) is 95.5 Å². The molecule has 28 heteroatoms. The molecule has 2 aromatic rings. The first-order valence-electron chi connectivity index (χ1n) is 32.2. The number of pyridine rings is 2. The van der Waals surface area contributed by atoms with Crippen molar-refractivity contribution in [3.8, 4) is 0 Å². The lowest BCUT2D eigenvalue weighted by Crippen LogP contribution is -2.60. The number of carbonyl (C=O) groups excluding carboxylic acids is 2. The number of nitrogens with zero attached hydrogens (tertiary/aromatic N) is 11. The van der Waals surface area contributed by atoms with Crippen LogP contribution in [0.2, 0.25) is 0 Å². The number of alkyl halides is 4. The molecule has 12 heterocycles. The van der Waals surface area contributed by atoms with E-state index in [9.17, 15) is 57.7 Å². The van der Waals surface area contributed by atoms with E-state index < -0.39 is 63.2 Å². The second kappa shape index (κ2) is 29.9. The molecule has 508 valence electrons. The van der Waals surface area contributed by atoms with Gasteiger partial charge in [0, 0.05) is 130 Å². The number of nitrogens with one attached hydrogen (secondary N) is 1. The van der Waals surface area contributed by atoms with Crippen molar-refractivity contribution in [2.75, 3.05) is 166 Å². The minimum Gasteiger partial charge on any atom is -0.444 e. The molecule has 10 fully saturated rings. The fraction of sp³-hybridized carbons (Fsp3) is 0.806. The van der Waals surface area contributed by atoms with Gasteiger partial charge < -0.3 is 75.4 Å². The number of rotatable bonds is 11. The Kier molecular flexibility index (Phi) is 23.5. The van der Waals surface area contributed by atoms with E-state index in [0.29, 0.717) is 130 Å². The summed E-state index contributed by atoms with van der Waals surface area (Å²) >= 11 is 0. The molecule has 7 N–H and O–H groups in total. The third-order valence-corrected chi connectivity index (χ3v) is 17.7. The average Bonchev–Trinajstić information content (AvgIpc) is 1.57. The zero-order chi connectivity index (χ0) is 65.3. The Balaban J connectivity index is 0.000000147. The molecule has 24 nitrogen and oxygen atoms in total.